The van der Waals surface area contributed by atoms with Crippen LogP contribution < -0.4 is 10.6 Å². The molecule has 1 aliphatic rings. The number of aromatic hydroxyl groups is 1. The van der Waals surface area contributed by atoms with Crippen molar-refractivity contribution in [1.29, 1.82) is 0 Å². The lowest BCUT2D eigenvalue weighted by Crippen LogP contribution is -3.13. The van der Waals surface area contributed by atoms with E-state index in [0.29, 0.717) is 4.96 Å². The summed E-state index contributed by atoms with van der Waals surface area (Å²) in [7, 11) is 0. The van der Waals surface area contributed by atoms with E-state index in [4.69, 9.17) is 5.73 Å². The average molecular weight is 401 g/mol. The first kappa shape index (κ1) is 18.9. The number of carbonyl (C=O) groups is 1. The minimum absolute atomic E-state index is 0.0210. The van der Waals surface area contributed by atoms with Gasteiger partial charge in [-0.25, -0.2) is 4.98 Å². The second kappa shape index (κ2) is 7.52. The maximum atomic E-state index is 11.6. The molecule has 4 rings (SSSR count). The summed E-state index contributed by atoms with van der Waals surface area (Å²) in [6, 6.07) is 8.39. The van der Waals surface area contributed by atoms with Gasteiger partial charge in [0.05, 0.1) is 13.1 Å². The van der Waals surface area contributed by atoms with Gasteiger partial charge < -0.3 is 15.7 Å². The molecule has 28 heavy (non-hydrogen) atoms. The first-order valence-electron chi connectivity index (χ1n) is 9.75. The lowest BCUT2D eigenvalue weighted by Gasteiger charge is -2.33. The Balaban J connectivity index is 1.74. The van der Waals surface area contributed by atoms with Crippen molar-refractivity contribution in [2.24, 2.45) is 11.7 Å². The van der Waals surface area contributed by atoms with E-state index in [1.807, 2.05) is 6.92 Å². The molecule has 3 heterocycles. The molecule has 0 unspecified atom stereocenters. The number of likely N-dealkylation sites (tertiary alicyclic amines) is 1. The number of amides is 1. The number of quaternary nitrogens is 1. The van der Waals surface area contributed by atoms with Gasteiger partial charge in [-0.05, 0) is 13.0 Å². The van der Waals surface area contributed by atoms with Crippen LogP contribution in [0.2, 0.25) is 0 Å². The quantitative estimate of drug-likeness (QED) is 0.600. The van der Waals surface area contributed by atoms with E-state index in [1.54, 1.807) is 4.52 Å². The van der Waals surface area contributed by atoms with Gasteiger partial charge in [0.2, 0.25) is 16.7 Å². The third-order valence-electron chi connectivity index (χ3n) is 5.64. The smallest absolute Gasteiger partial charge is 0.235 e. The molecule has 7 nitrogen and oxygen atoms in total. The van der Waals surface area contributed by atoms with E-state index in [0.717, 1.165) is 48.6 Å². The van der Waals surface area contributed by atoms with Crippen molar-refractivity contribution in [3.8, 4) is 5.88 Å². The highest BCUT2D eigenvalue weighted by molar-refractivity contribution is 7.17. The number of fused-ring (bicyclic) bond motifs is 1. The molecule has 1 amide bonds. The van der Waals surface area contributed by atoms with Crippen LogP contribution in [0.3, 0.4) is 0 Å². The fourth-order valence-corrected chi connectivity index (χ4v) is 5.27. The Labute approximate surface area is 167 Å². The number of piperidine rings is 1. The first-order chi connectivity index (χ1) is 13.5. The first-order valence-corrected chi connectivity index (χ1v) is 10.6. The van der Waals surface area contributed by atoms with Gasteiger partial charge in [-0.2, -0.15) is 4.52 Å². The highest BCUT2D eigenvalue weighted by Crippen LogP contribution is 2.35. The minimum Gasteiger partial charge on any atom is -0.492 e. The number of thiazole rings is 1. The fraction of sp³-hybridized carbons (Fsp3) is 0.450. The van der Waals surface area contributed by atoms with Crippen LogP contribution in [0.1, 0.15) is 47.6 Å². The normalized spacial score (nSPS) is 21.1. The maximum Gasteiger partial charge on any atom is 0.235 e. The lowest BCUT2D eigenvalue weighted by atomic mass is 9.93. The Kier molecular flexibility index (Phi) is 5.07. The highest BCUT2D eigenvalue weighted by Gasteiger charge is 2.36. The topological polar surface area (TPSA) is 98.0 Å². The van der Waals surface area contributed by atoms with E-state index in [1.165, 1.54) is 21.8 Å². The Morgan fingerprint density at radius 1 is 1.43 bits per heavy atom. The second-order valence-electron chi connectivity index (χ2n) is 7.55. The van der Waals surface area contributed by atoms with Crippen LogP contribution in [0.25, 0.3) is 4.96 Å². The molecule has 1 aliphatic heterocycles. The number of nitrogens with one attached hydrogen (secondary N) is 1. The number of carbonyl (C=O) groups excluding carboxylic acids is 1. The fourth-order valence-electron chi connectivity index (χ4n) is 4.11. The molecule has 1 saturated heterocycles. The number of hydrogen-bond donors (Lipinski definition) is 3. The van der Waals surface area contributed by atoms with Gasteiger partial charge in [0.1, 0.15) is 4.88 Å². The van der Waals surface area contributed by atoms with Crippen LogP contribution in [0.5, 0.6) is 5.88 Å². The molecule has 3 aromatic rings. The molecule has 148 valence electrons. The number of aromatic nitrogens is 3. The second-order valence-corrected chi connectivity index (χ2v) is 8.56. The molecule has 1 atom stereocenters. The summed E-state index contributed by atoms with van der Waals surface area (Å²) in [5, 5.41) is 15.4. The van der Waals surface area contributed by atoms with Crippen molar-refractivity contribution in [1.82, 2.24) is 14.6 Å². The Morgan fingerprint density at radius 3 is 2.79 bits per heavy atom. The van der Waals surface area contributed by atoms with Crippen LogP contribution in [0.4, 0.5) is 0 Å². The molecular formula is C20H26N5O2S+. The van der Waals surface area contributed by atoms with Crippen molar-refractivity contribution in [2.75, 3.05) is 13.1 Å². The van der Waals surface area contributed by atoms with Gasteiger partial charge in [-0.3, -0.25) is 4.79 Å². The van der Waals surface area contributed by atoms with Gasteiger partial charge in [-0.1, -0.05) is 42.0 Å². The predicted octanol–water partition coefficient (Wildman–Crippen LogP) is 1.24. The summed E-state index contributed by atoms with van der Waals surface area (Å²) in [5.74, 6) is 0.642. The number of primary amides is 1. The molecule has 0 spiro atoms. The number of rotatable bonds is 5. The predicted molar refractivity (Wildman–Crippen MR) is 108 cm³/mol. The third kappa shape index (κ3) is 3.38. The molecule has 0 bridgehead atoms. The minimum atomic E-state index is -0.208. The average Bonchev–Trinajstić information content (AvgIpc) is 3.22. The lowest BCUT2D eigenvalue weighted by molar-refractivity contribution is -0.930. The van der Waals surface area contributed by atoms with Gasteiger partial charge in [0, 0.05) is 30.7 Å². The van der Waals surface area contributed by atoms with Gasteiger partial charge in [0.25, 0.3) is 0 Å². The Bertz CT molecular complexity index is 1000. The number of nitrogens with zero attached hydrogens (tertiary/aromatic N) is 3. The molecule has 8 heteroatoms. The zero-order chi connectivity index (χ0) is 19.8. The van der Waals surface area contributed by atoms with Crippen LogP contribution in [-0.4, -0.2) is 38.7 Å². The molecule has 4 N–H and O–H groups in total. The standard InChI is InChI=1S/C20H25N5O2S/c1-3-15-22-20-25(23-15)19(27)17(28-20)16(14-6-4-5-12(2)11-14)24-9-7-13(8-10-24)18(21)26/h4-6,11,13,16,27H,3,7-10H2,1-2H3,(H2,21,26)/p+1/t16-/m1/s1. The summed E-state index contributed by atoms with van der Waals surface area (Å²) in [6.07, 6.45) is 2.28. The van der Waals surface area contributed by atoms with Crippen LogP contribution >= 0.6 is 11.3 Å². The number of hydrogen-bond acceptors (Lipinski definition) is 5. The molecular weight excluding hydrogens is 374 g/mol. The van der Waals surface area contributed by atoms with Crippen LogP contribution in [-0.2, 0) is 11.2 Å². The van der Waals surface area contributed by atoms with Crippen molar-refractivity contribution >= 4 is 22.2 Å². The molecule has 1 fully saturated rings. The summed E-state index contributed by atoms with van der Waals surface area (Å²) in [4.78, 5) is 19.0. The highest BCUT2D eigenvalue weighted by atomic mass is 32.1. The van der Waals surface area contributed by atoms with Gasteiger partial charge >= 0.3 is 0 Å². The number of benzene rings is 1. The number of aryl methyl sites for hydroxylation is 2. The van der Waals surface area contributed by atoms with Gasteiger partial charge in [-0.15, -0.1) is 5.10 Å². The van der Waals surface area contributed by atoms with Gasteiger partial charge in [0.15, 0.2) is 11.9 Å². The summed E-state index contributed by atoms with van der Waals surface area (Å²) < 4.78 is 1.55. The van der Waals surface area contributed by atoms with Crippen molar-refractivity contribution in [2.45, 2.75) is 39.2 Å². The Hall–Kier alpha value is -2.45. The van der Waals surface area contributed by atoms with E-state index in [2.05, 4.69) is 41.3 Å². The van der Waals surface area contributed by atoms with E-state index >= 15 is 0 Å². The Morgan fingerprint density at radius 2 is 2.18 bits per heavy atom. The molecule has 0 radical (unpaired) electrons. The van der Waals surface area contributed by atoms with Crippen LogP contribution in [0, 0.1) is 12.8 Å². The molecule has 1 aromatic carbocycles. The van der Waals surface area contributed by atoms with Crippen molar-refractivity contribution in [3.05, 3.63) is 46.1 Å². The zero-order valence-corrected chi connectivity index (χ0v) is 17.0. The van der Waals surface area contributed by atoms with E-state index in [9.17, 15) is 9.90 Å². The maximum absolute atomic E-state index is 11.6. The largest absolute Gasteiger partial charge is 0.492 e. The van der Waals surface area contributed by atoms with Crippen LogP contribution in [0.15, 0.2) is 24.3 Å². The summed E-state index contributed by atoms with van der Waals surface area (Å²) >= 11 is 1.50. The van der Waals surface area contributed by atoms with Crippen molar-refractivity contribution < 1.29 is 14.8 Å². The number of nitrogens with two attached hydrogens (primary N) is 1. The molecule has 2 aromatic heterocycles. The summed E-state index contributed by atoms with van der Waals surface area (Å²) in [5.41, 5.74) is 7.85. The molecule has 0 aliphatic carbocycles. The summed E-state index contributed by atoms with van der Waals surface area (Å²) in [6.45, 7) is 5.74. The zero-order valence-electron chi connectivity index (χ0n) is 16.2. The molecule has 0 saturated carbocycles. The van der Waals surface area contributed by atoms with E-state index in [-0.39, 0.29) is 23.7 Å². The monoisotopic (exact) mass is 400 g/mol. The van der Waals surface area contributed by atoms with E-state index < -0.39 is 0 Å². The van der Waals surface area contributed by atoms with Crippen molar-refractivity contribution in [3.63, 3.8) is 0 Å². The SMILES string of the molecule is CCc1nc2sc([C@@H](c3cccc(C)c3)[NH+]3CCC(C(N)=O)CC3)c(O)n2n1. The third-order valence-corrected chi connectivity index (χ3v) is 6.72.